The van der Waals surface area contributed by atoms with E-state index in [9.17, 15) is 0 Å². The molecule has 0 bridgehead atoms. The van der Waals surface area contributed by atoms with Crippen LogP contribution in [0.1, 0.15) is 44.9 Å². The van der Waals surface area contributed by atoms with Crippen molar-refractivity contribution in [1.29, 1.82) is 0 Å². The first kappa shape index (κ1) is 16.4. The van der Waals surface area contributed by atoms with Gasteiger partial charge < -0.3 is 5.32 Å². The molecule has 0 aromatic heterocycles. The second-order valence-electron chi connectivity index (χ2n) is 4.10. The average Bonchev–Trinajstić information content (AvgIpc) is 2.27. The molecule has 0 aromatic carbocycles. The van der Waals surface area contributed by atoms with Gasteiger partial charge in [-0.1, -0.05) is 30.2 Å². The van der Waals surface area contributed by atoms with Crippen molar-refractivity contribution in [3.05, 3.63) is 23.3 Å². The van der Waals surface area contributed by atoms with E-state index in [1.807, 2.05) is 12.2 Å². The summed E-state index contributed by atoms with van der Waals surface area (Å²) in [5, 5.41) is 4.28. The molecule has 95 valence electrons. The summed E-state index contributed by atoms with van der Waals surface area (Å²) < 4.78 is 0. The first-order valence-electron chi connectivity index (χ1n) is 6.11. The van der Waals surface area contributed by atoms with E-state index in [1.165, 1.54) is 51.6 Å². The molecule has 0 amide bonds. The standard InChI is InChI=1S/C8H11Cl.C5H11N.Rh/c9-8-6-4-2-1-3-5-7-8;1-2-4-6-5-3-1;/h2,4,6H,1,3,5,7H2;6H,1-5H2;. The number of allylic oxidation sites excluding steroid dienone is 4. The third kappa shape index (κ3) is 9.57. The largest absolute Gasteiger partial charge is 0.317 e. The Bertz CT molecular complexity index is 198. The van der Waals surface area contributed by atoms with E-state index >= 15 is 0 Å². The van der Waals surface area contributed by atoms with Crippen molar-refractivity contribution in [2.75, 3.05) is 13.1 Å². The van der Waals surface area contributed by atoms with Gasteiger partial charge in [0.25, 0.3) is 0 Å². The molecule has 1 nitrogen and oxygen atoms in total. The topological polar surface area (TPSA) is 12.0 Å². The summed E-state index contributed by atoms with van der Waals surface area (Å²) in [6, 6.07) is 0. The van der Waals surface area contributed by atoms with Crippen LogP contribution in [0.4, 0.5) is 0 Å². The van der Waals surface area contributed by atoms with E-state index in [4.69, 9.17) is 11.6 Å². The molecule has 1 N–H and O–H groups in total. The molecule has 2 aliphatic rings. The molecule has 1 heterocycles. The summed E-state index contributed by atoms with van der Waals surface area (Å²) in [7, 11) is 0. The molecule has 1 saturated heterocycles. The van der Waals surface area contributed by atoms with Crippen LogP contribution in [0, 0.1) is 0 Å². The molecule has 16 heavy (non-hydrogen) atoms. The van der Waals surface area contributed by atoms with Crippen molar-refractivity contribution in [3.63, 3.8) is 0 Å². The Morgan fingerprint density at radius 3 is 2.31 bits per heavy atom. The summed E-state index contributed by atoms with van der Waals surface area (Å²) in [4.78, 5) is 0. The smallest absolute Gasteiger partial charge is 0.0180 e. The molecular weight excluding hydrogens is 309 g/mol. The predicted octanol–water partition coefficient (Wildman–Crippen LogP) is 4.00. The second kappa shape index (κ2) is 11.8. The van der Waals surface area contributed by atoms with Crippen LogP contribution < -0.4 is 5.32 Å². The zero-order valence-corrected chi connectivity index (χ0v) is 12.2. The van der Waals surface area contributed by atoms with Crippen molar-refractivity contribution in [3.8, 4) is 0 Å². The van der Waals surface area contributed by atoms with Crippen LogP contribution in [0.5, 0.6) is 0 Å². The Labute approximate surface area is 117 Å². The zero-order valence-electron chi connectivity index (χ0n) is 9.81. The van der Waals surface area contributed by atoms with Gasteiger partial charge >= 0.3 is 0 Å². The quantitative estimate of drug-likeness (QED) is 0.662. The number of rotatable bonds is 0. The number of hydrogen-bond acceptors (Lipinski definition) is 1. The fourth-order valence-electron chi connectivity index (χ4n) is 1.71. The molecule has 1 fully saturated rings. The van der Waals surface area contributed by atoms with E-state index in [-0.39, 0.29) is 19.5 Å². The van der Waals surface area contributed by atoms with Crippen LogP contribution in [0.2, 0.25) is 0 Å². The fourth-order valence-corrected chi connectivity index (χ4v) is 1.92. The van der Waals surface area contributed by atoms with Crippen molar-refractivity contribution in [2.24, 2.45) is 0 Å². The van der Waals surface area contributed by atoms with E-state index in [0.717, 1.165) is 11.5 Å². The van der Waals surface area contributed by atoms with Gasteiger partial charge in [0.2, 0.25) is 0 Å². The minimum atomic E-state index is 0. The van der Waals surface area contributed by atoms with Gasteiger partial charge in [0.1, 0.15) is 0 Å². The van der Waals surface area contributed by atoms with E-state index in [0.29, 0.717) is 0 Å². The molecule has 2 rings (SSSR count). The van der Waals surface area contributed by atoms with Gasteiger partial charge in [-0.3, -0.25) is 0 Å². The van der Waals surface area contributed by atoms with Gasteiger partial charge in [0.15, 0.2) is 0 Å². The molecular formula is C13H22ClNRh. The van der Waals surface area contributed by atoms with Crippen LogP contribution >= 0.6 is 11.6 Å². The SMILES string of the molecule is C1CCNCC1.ClC1=CC=CCCCC1.[Rh]. The van der Waals surface area contributed by atoms with Crippen LogP contribution in [-0.2, 0) is 19.5 Å². The summed E-state index contributed by atoms with van der Waals surface area (Å²) in [6.07, 6.45) is 15.2. The maximum absolute atomic E-state index is 5.80. The number of piperidine rings is 1. The van der Waals surface area contributed by atoms with Crippen molar-refractivity contribution >= 4 is 11.6 Å². The number of halogens is 1. The molecule has 1 radical (unpaired) electrons. The molecule has 0 aromatic rings. The van der Waals surface area contributed by atoms with E-state index in [1.54, 1.807) is 0 Å². The van der Waals surface area contributed by atoms with Gasteiger partial charge in [-0.15, -0.1) is 0 Å². The first-order valence-corrected chi connectivity index (χ1v) is 6.49. The Morgan fingerprint density at radius 1 is 1.00 bits per heavy atom. The normalized spacial score (nSPS) is 20.4. The Balaban J connectivity index is 0.000000283. The zero-order chi connectivity index (χ0) is 10.8. The summed E-state index contributed by atoms with van der Waals surface area (Å²) >= 11 is 5.80. The van der Waals surface area contributed by atoms with Gasteiger partial charge in [-0.05, 0) is 57.7 Å². The predicted molar refractivity (Wildman–Crippen MR) is 68.3 cm³/mol. The van der Waals surface area contributed by atoms with Gasteiger partial charge in [0.05, 0.1) is 0 Å². The summed E-state index contributed by atoms with van der Waals surface area (Å²) in [5.41, 5.74) is 0. The number of nitrogens with one attached hydrogen (secondary N) is 1. The number of hydrogen-bond donors (Lipinski definition) is 1. The van der Waals surface area contributed by atoms with Crippen molar-refractivity contribution in [1.82, 2.24) is 5.32 Å². The van der Waals surface area contributed by atoms with Gasteiger partial charge in [0, 0.05) is 24.5 Å². The van der Waals surface area contributed by atoms with Crippen LogP contribution in [-0.4, -0.2) is 13.1 Å². The minimum Gasteiger partial charge on any atom is -0.317 e. The first-order chi connectivity index (χ1) is 7.39. The van der Waals surface area contributed by atoms with Crippen molar-refractivity contribution < 1.29 is 19.5 Å². The molecule has 0 spiro atoms. The van der Waals surface area contributed by atoms with E-state index in [2.05, 4.69) is 11.4 Å². The van der Waals surface area contributed by atoms with Crippen molar-refractivity contribution in [2.45, 2.75) is 44.9 Å². The third-order valence-corrected chi connectivity index (χ3v) is 2.97. The molecule has 0 saturated carbocycles. The Kier molecular flexibility index (Phi) is 12.1. The summed E-state index contributed by atoms with van der Waals surface area (Å²) in [5.74, 6) is 0. The fraction of sp³-hybridized carbons (Fsp3) is 0.692. The maximum Gasteiger partial charge on any atom is 0.0180 e. The van der Waals surface area contributed by atoms with Gasteiger partial charge in [-0.25, -0.2) is 0 Å². The van der Waals surface area contributed by atoms with Crippen LogP contribution in [0.15, 0.2) is 23.3 Å². The van der Waals surface area contributed by atoms with Crippen LogP contribution in [0.25, 0.3) is 0 Å². The molecule has 1 aliphatic heterocycles. The monoisotopic (exact) mass is 330 g/mol. The average molecular weight is 331 g/mol. The Morgan fingerprint density at radius 2 is 1.75 bits per heavy atom. The molecule has 3 heteroatoms. The molecule has 0 atom stereocenters. The maximum atomic E-state index is 5.80. The van der Waals surface area contributed by atoms with Gasteiger partial charge in [-0.2, -0.15) is 0 Å². The molecule has 0 unspecified atom stereocenters. The second-order valence-corrected chi connectivity index (χ2v) is 4.58. The van der Waals surface area contributed by atoms with Crippen LogP contribution in [0.3, 0.4) is 0 Å². The minimum absolute atomic E-state index is 0. The van der Waals surface area contributed by atoms with E-state index < -0.39 is 0 Å². The Hall–Kier alpha value is 0.353. The molecule has 1 aliphatic carbocycles. The third-order valence-electron chi connectivity index (χ3n) is 2.66. The summed E-state index contributed by atoms with van der Waals surface area (Å²) in [6.45, 7) is 2.50.